The van der Waals surface area contributed by atoms with Gasteiger partial charge in [0.15, 0.2) is 5.82 Å². The lowest BCUT2D eigenvalue weighted by atomic mass is 10.1. The van der Waals surface area contributed by atoms with Gasteiger partial charge in [-0.05, 0) is 41.5 Å². The molecule has 4 rings (SSSR count). The number of nitro groups is 1. The average Bonchev–Trinajstić information content (AvgIpc) is 2.85. The summed E-state index contributed by atoms with van der Waals surface area (Å²) < 4.78 is 1.00. The van der Waals surface area contributed by atoms with Gasteiger partial charge in [0.25, 0.3) is 11.2 Å². The van der Waals surface area contributed by atoms with E-state index in [-0.39, 0.29) is 18.0 Å². The smallest absolute Gasteiger partial charge is 0.282 e. The second kappa shape index (κ2) is 9.98. The van der Waals surface area contributed by atoms with Crippen molar-refractivity contribution in [2.45, 2.75) is 13.5 Å². The van der Waals surface area contributed by atoms with Gasteiger partial charge >= 0.3 is 0 Å². The number of hydroxylamine groups is 1. The molecule has 0 bridgehead atoms. The molecule has 176 valence electrons. The Morgan fingerprint density at radius 2 is 1.91 bits per heavy atom. The van der Waals surface area contributed by atoms with E-state index in [4.69, 9.17) is 4.84 Å². The van der Waals surface area contributed by atoms with Crippen LogP contribution in [0.2, 0.25) is 0 Å². The first-order valence-corrected chi connectivity index (χ1v) is 10.5. The lowest BCUT2D eigenvalue weighted by Crippen LogP contribution is -2.24. The molecule has 0 saturated carbocycles. The van der Waals surface area contributed by atoms with E-state index in [1.165, 1.54) is 12.1 Å². The molecule has 0 radical (unpaired) electrons. The summed E-state index contributed by atoms with van der Waals surface area (Å²) in [6, 6.07) is 18.7. The number of hydrogen-bond acceptors (Lipinski definition) is 8. The molecule has 0 aliphatic carbocycles. The van der Waals surface area contributed by atoms with Crippen LogP contribution < -0.4 is 16.1 Å². The van der Waals surface area contributed by atoms with E-state index < -0.39 is 21.9 Å². The maximum absolute atomic E-state index is 13.1. The largest absolute Gasteiger partial charge is 0.867 e. The van der Waals surface area contributed by atoms with Gasteiger partial charge in [0.1, 0.15) is 6.61 Å². The van der Waals surface area contributed by atoms with E-state index in [1.807, 2.05) is 30.3 Å². The summed E-state index contributed by atoms with van der Waals surface area (Å²) in [5.41, 5.74) is 3.92. The summed E-state index contributed by atoms with van der Waals surface area (Å²) in [5.74, 6) is -0.655. The summed E-state index contributed by atoms with van der Waals surface area (Å²) in [6.07, 6.45) is 1.11. The van der Waals surface area contributed by atoms with E-state index in [0.717, 1.165) is 16.5 Å². The van der Waals surface area contributed by atoms with Crippen LogP contribution in [0, 0.1) is 17.0 Å². The average molecular weight is 470 g/mol. The number of nitrogens with one attached hydrogen (secondary N) is 1. The Hall–Kier alpha value is -4.83. The Bertz CT molecular complexity index is 1510. The molecule has 0 aliphatic rings. The molecular formula is C25H20N5O5-. The minimum absolute atomic E-state index is 0.0285. The normalized spacial score (nSPS) is 11.1. The molecule has 10 heteroatoms. The predicted molar refractivity (Wildman–Crippen MR) is 130 cm³/mol. The molecule has 1 aromatic heterocycles. The number of benzene rings is 3. The number of fused-ring (bicyclic) bond motifs is 1. The molecule has 3 aromatic carbocycles. The van der Waals surface area contributed by atoms with Gasteiger partial charge in [0.05, 0.1) is 27.7 Å². The number of rotatable bonds is 8. The summed E-state index contributed by atoms with van der Waals surface area (Å²) in [6.45, 7) is 5.38. The molecule has 0 saturated heterocycles. The van der Waals surface area contributed by atoms with Crippen molar-refractivity contribution in [1.29, 1.82) is 0 Å². The van der Waals surface area contributed by atoms with Gasteiger partial charge < -0.3 is 5.11 Å². The number of aryl methyl sites for hydroxylation is 1. The van der Waals surface area contributed by atoms with Crippen molar-refractivity contribution in [3.63, 3.8) is 0 Å². The molecule has 0 unspecified atom stereocenters. The Kier molecular flexibility index (Phi) is 6.65. The summed E-state index contributed by atoms with van der Waals surface area (Å²) in [5, 5.41) is 28.1. The van der Waals surface area contributed by atoms with E-state index in [1.54, 1.807) is 31.2 Å². The molecule has 0 atom stereocenters. The highest BCUT2D eigenvalue weighted by molar-refractivity contribution is 5.86. The van der Waals surface area contributed by atoms with E-state index >= 15 is 0 Å². The first-order chi connectivity index (χ1) is 16.8. The number of aromatic nitrogens is 2. The molecule has 35 heavy (non-hydrogen) atoms. The van der Waals surface area contributed by atoms with Gasteiger partial charge in [-0.15, -0.1) is 0 Å². The lowest BCUT2D eigenvalue weighted by Gasteiger charge is -2.13. The highest BCUT2D eigenvalue weighted by Gasteiger charge is 2.13. The monoisotopic (exact) mass is 470 g/mol. The fraction of sp³-hybridized carbons (Fsp3) is 0.0800. The summed E-state index contributed by atoms with van der Waals surface area (Å²) >= 11 is 0. The Morgan fingerprint density at radius 1 is 1.20 bits per heavy atom. The van der Waals surface area contributed by atoms with Crippen molar-refractivity contribution in [3.05, 3.63) is 116 Å². The number of nitrogens with zero attached hydrogens (tertiary/aromatic N) is 4. The van der Waals surface area contributed by atoms with Gasteiger partial charge in [-0.2, -0.15) is 9.78 Å². The second-order valence-electron chi connectivity index (χ2n) is 7.60. The van der Waals surface area contributed by atoms with E-state index in [9.17, 15) is 20.0 Å². The lowest BCUT2D eigenvalue weighted by molar-refractivity contribution is -0.398. The van der Waals surface area contributed by atoms with Crippen LogP contribution in [0.15, 0.2) is 83.2 Å². The van der Waals surface area contributed by atoms with Crippen molar-refractivity contribution in [1.82, 2.24) is 15.1 Å². The quantitative estimate of drug-likeness (QED) is 0.237. The first kappa shape index (κ1) is 23.3. The number of para-hydroxylation sites is 1. The van der Waals surface area contributed by atoms with Gasteiger partial charge in [-0.3, -0.25) is 25.2 Å². The molecule has 1 heterocycles. The molecule has 10 nitrogen and oxygen atoms in total. The third-order valence-corrected chi connectivity index (χ3v) is 5.09. The summed E-state index contributed by atoms with van der Waals surface area (Å²) in [4.78, 5) is 33.6. The summed E-state index contributed by atoms with van der Waals surface area (Å²) in [7, 11) is 0. The predicted octanol–water partition coefficient (Wildman–Crippen LogP) is 3.26. The molecule has 0 amide bonds. The Labute approximate surface area is 199 Å². The van der Waals surface area contributed by atoms with Crippen molar-refractivity contribution < 1.29 is 14.9 Å². The minimum atomic E-state index is -0.801. The highest BCUT2D eigenvalue weighted by Crippen LogP contribution is 2.27. The second-order valence-corrected chi connectivity index (χ2v) is 7.60. The molecular weight excluding hydrogens is 450 g/mol. The maximum atomic E-state index is 13.1. The fourth-order valence-electron chi connectivity index (χ4n) is 3.40. The van der Waals surface area contributed by atoms with Crippen LogP contribution in [-0.2, 0) is 11.4 Å². The van der Waals surface area contributed by atoms with Crippen LogP contribution in [0.4, 0.5) is 5.69 Å². The molecule has 0 spiro atoms. The molecule has 1 N–H and O–H groups in total. The Morgan fingerprint density at radius 3 is 2.66 bits per heavy atom. The van der Waals surface area contributed by atoms with Crippen LogP contribution in [0.5, 0.6) is 5.75 Å². The zero-order valence-corrected chi connectivity index (χ0v) is 18.7. The van der Waals surface area contributed by atoms with Gasteiger partial charge in [-0.25, -0.2) is 4.98 Å². The topological polar surface area (TPSA) is 135 Å². The van der Waals surface area contributed by atoms with Crippen molar-refractivity contribution >= 4 is 28.5 Å². The van der Waals surface area contributed by atoms with E-state index in [0.29, 0.717) is 22.2 Å². The first-order valence-electron chi connectivity index (χ1n) is 10.5. The van der Waals surface area contributed by atoms with Gasteiger partial charge in [-0.1, -0.05) is 55.1 Å². The fourth-order valence-corrected chi connectivity index (χ4v) is 3.40. The minimum Gasteiger partial charge on any atom is -0.867 e. The van der Waals surface area contributed by atoms with Crippen molar-refractivity contribution in [2.24, 2.45) is 5.10 Å². The van der Waals surface area contributed by atoms with Gasteiger partial charge in [0, 0.05) is 6.07 Å². The molecule has 0 aliphatic heterocycles. The van der Waals surface area contributed by atoms with Crippen LogP contribution in [0.1, 0.15) is 22.5 Å². The van der Waals surface area contributed by atoms with Crippen LogP contribution in [-0.4, -0.2) is 20.8 Å². The SMILES string of the molecule is C=C(NOCc1nc2ccccc2c(=O)n1/N=C\c1cc(C)cc([N+](=O)[O-])c1[O-])c1ccccc1. The standard InChI is InChI=1S/C25H21N5O5/c1-16-12-19(24(31)22(13-16)30(33)34)14-26-29-23(27-21-11-7-6-10-20(21)25(29)32)15-35-28-17(2)18-8-4-3-5-9-18/h3-14,28,31H,2,15H2,1H3/p-1/b26-14-. The Balaban J connectivity index is 1.68. The van der Waals surface area contributed by atoms with Crippen LogP contribution in [0.3, 0.4) is 0 Å². The maximum Gasteiger partial charge on any atom is 0.282 e. The van der Waals surface area contributed by atoms with Crippen molar-refractivity contribution in [3.8, 4) is 5.75 Å². The number of hydrogen-bond donors (Lipinski definition) is 1. The third kappa shape index (κ3) is 5.07. The zero-order valence-electron chi connectivity index (χ0n) is 18.7. The van der Waals surface area contributed by atoms with Crippen LogP contribution in [0.25, 0.3) is 16.6 Å². The molecule has 0 fully saturated rings. The molecule has 4 aromatic rings. The highest BCUT2D eigenvalue weighted by atomic mass is 16.6. The van der Waals surface area contributed by atoms with Gasteiger partial charge in [0.2, 0.25) is 0 Å². The van der Waals surface area contributed by atoms with E-state index in [2.05, 4.69) is 22.1 Å². The van der Waals surface area contributed by atoms with Crippen LogP contribution >= 0.6 is 0 Å². The number of nitro benzene ring substituents is 1. The van der Waals surface area contributed by atoms with Crippen molar-refractivity contribution in [2.75, 3.05) is 0 Å². The third-order valence-electron chi connectivity index (χ3n) is 5.09. The zero-order chi connectivity index (χ0) is 24.9.